The summed E-state index contributed by atoms with van der Waals surface area (Å²) in [6.45, 7) is 0. The van der Waals surface area contributed by atoms with E-state index in [1.54, 1.807) is 12.3 Å². The highest BCUT2D eigenvalue weighted by molar-refractivity contribution is 6.17. The molecule has 0 aliphatic rings. The zero-order valence-electron chi connectivity index (χ0n) is 18.2. The summed E-state index contributed by atoms with van der Waals surface area (Å²) >= 11 is 6.15. The van der Waals surface area contributed by atoms with E-state index in [1.165, 1.54) is 0 Å². The Morgan fingerprint density at radius 3 is 2.56 bits per heavy atom. The number of amides is 1. The van der Waals surface area contributed by atoms with Crippen molar-refractivity contribution in [2.75, 3.05) is 5.32 Å². The van der Waals surface area contributed by atoms with E-state index in [-0.39, 0.29) is 5.91 Å². The molecule has 2 aromatic heterocycles. The molecule has 0 saturated carbocycles. The number of halogens is 1. The third-order valence-electron chi connectivity index (χ3n) is 5.55. The summed E-state index contributed by atoms with van der Waals surface area (Å²) in [4.78, 5) is 17.6. The van der Waals surface area contributed by atoms with Crippen LogP contribution in [0.15, 0.2) is 91.1 Å². The minimum atomic E-state index is -0.203. The Labute approximate surface area is 202 Å². The number of para-hydroxylation sites is 1. The molecule has 0 bridgehead atoms. The molecule has 5 aromatic rings. The van der Waals surface area contributed by atoms with E-state index < -0.39 is 0 Å². The number of aromatic amines is 1. The van der Waals surface area contributed by atoms with Gasteiger partial charge in [-0.15, -0.1) is 11.6 Å². The Bertz CT molecular complexity index is 1490. The summed E-state index contributed by atoms with van der Waals surface area (Å²) in [6.07, 6.45) is 5.54. The smallest absolute Gasteiger partial charge is 0.256 e. The molecule has 0 saturated heterocycles. The SMILES string of the molecule is O=C(Nc1cnc2ccccc2c1)c1ccccc1C=Cc1c(-c2ccccc2)n[nH]c1CCl. The van der Waals surface area contributed by atoms with Crippen LogP contribution in [0.5, 0.6) is 0 Å². The summed E-state index contributed by atoms with van der Waals surface area (Å²) in [5.74, 6) is 0.0988. The van der Waals surface area contributed by atoms with Gasteiger partial charge in [0.15, 0.2) is 0 Å². The van der Waals surface area contributed by atoms with E-state index in [9.17, 15) is 4.79 Å². The van der Waals surface area contributed by atoms with E-state index in [2.05, 4.69) is 20.5 Å². The van der Waals surface area contributed by atoms with Gasteiger partial charge < -0.3 is 5.32 Å². The second kappa shape index (κ2) is 9.73. The Morgan fingerprint density at radius 1 is 0.941 bits per heavy atom. The van der Waals surface area contributed by atoms with Crippen molar-refractivity contribution in [2.24, 2.45) is 0 Å². The minimum absolute atomic E-state index is 0.203. The molecule has 0 atom stereocenters. The van der Waals surface area contributed by atoms with Crippen LogP contribution in [0.2, 0.25) is 0 Å². The van der Waals surface area contributed by atoms with E-state index in [0.717, 1.165) is 39.0 Å². The van der Waals surface area contributed by atoms with Gasteiger partial charge in [0, 0.05) is 22.1 Å². The first-order chi connectivity index (χ1) is 16.7. The van der Waals surface area contributed by atoms with E-state index in [4.69, 9.17) is 11.6 Å². The number of pyridine rings is 1. The summed E-state index contributed by atoms with van der Waals surface area (Å²) in [7, 11) is 0. The number of alkyl halides is 1. The number of fused-ring (bicyclic) bond motifs is 1. The lowest BCUT2D eigenvalue weighted by Gasteiger charge is -2.09. The van der Waals surface area contributed by atoms with Crippen LogP contribution in [0.4, 0.5) is 5.69 Å². The molecule has 0 fully saturated rings. The Balaban J connectivity index is 1.44. The molecule has 5 nitrogen and oxygen atoms in total. The molecular weight excluding hydrogens is 444 g/mol. The van der Waals surface area contributed by atoms with Gasteiger partial charge in [0.05, 0.1) is 34.7 Å². The highest BCUT2D eigenvalue weighted by Gasteiger charge is 2.14. The topological polar surface area (TPSA) is 70.7 Å². The van der Waals surface area contributed by atoms with Gasteiger partial charge >= 0.3 is 0 Å². The standard InChI is InChI=1S/C28H21ClN4O/c29-17-26-24(27(33-32-26)20-9-2-1-3-10-20)15-14-19-8-4-6-12-23(19)28(34)31-22-16-21-11-5-7-13-25(21)30-18-22/h1-16,18H,17H2,(H,31,34)(H,32,33). The zero-order valence-corrected chi connectivity index (χ0v) is 19.0. The van der Waals surface area contributed by atoms with Gasteiger partial charge in [-0.25, -0.2) is 0 Å². The maximum atomic E-state index is 13.1. The van der Waals surface area contributed by atoms with Crippen LogP contribution < -0.4 is 5.32 Å². The molecule has 166 valence electrons. The molecule has 1 amide bonds. The molecule has 2 N–H and O–H groups in total. The molecule has 34 heavy (non-hydrogen) atoms. The summed E-state index contributed by atoms with van der Waals surface area (Å²) in [5.41, 5.74) is 6.40. The number of carbonyl (C=O) groups excluding carboxylic acids is 1. The van der Waals surface area contributed by atoms with Crippen molar-refractivity contribution in [3.8, 4) is 11.3 Å². The lowest BCUT2D eigenvalue weighted by molar-refractivity contribution is 0.102. The number of hydrogen-bond donors (Lipinski definition) is 2. The van der Waals surface area contributed by atoms with Crippen molar-refractivity contribution in [3.63, 3.8) is 0 Å². The van der Waals surface area contributed by atoms with Crippen molar-refractivity contribution in [1.29, 1.82) is 0 Å². The van der Waals surface area contributed by atoms with Crippen molar-refractivity contribution in [3.05, 3.63) is 114 Å². The average Bonchev–Trinajstić information content (AvgIpc) is 3.31. The maximum absolute atomic E-state index is 13.1. The quantitative estimate of drug-likeness (QED) is 0.272. The predicted octanol–water partition coefficient (Wildman–Crippen LogP) is 6.79. The van der Waals surface area contributed by atoms with Gasteiger partial charge in [-0.1, -0.05) is 78.9 Å². The number of carbonyl (C=O) groups is 1. The minimum Gasteiger partial charge on any atom is -0.321 e. The molecule has 5 rings (SSSR count). The molecule has 0 aliphatic carbocycles. The molecule has 0 spiro atoms. The number of nitrogens with one attached hydrogen (secondary N) is 2. The fraction of sp³-hybridized carbons (Fsp3) is 0.0357. The maximum Gasteiger partial charge on any atom is 0.256 e. The molecule has 0 radical (unpaired) electrons. The molecule has 6 heteroatoms. The number of aromatic nitrogens is 3. The first-order valence-electron chi connectivity index (χ1n) is 10.8. The average molecular weight is 465 g/mol. The Morgan fingerprint density at radius 2 is 1.71 bits per heavy atom. The van der Waals surface area contributed by atoms with Crippen LogP contribution in [0.25, 0.3) is 34.3 Å². The molecule has 0 aliphatic heterocycles. The monoisotopic (exact) mass is 464 g/mol. The second-order valence-electron chi connectivity index (χ2n) is 7.76. The second-order valence-corrected chi connectivity index (χ2v) is 8.02. The Hall–Kier alpha value is -4.22. The van der Waals surface area contributed by atoms with Gasteiger partial charge in [0.25, 0.3) is 5.91 Å². The fourth-order valence-electron chi connectivity index (χ4n) is 3.84. The van der Waals surface area contributed by atoms with Gasteiger partial charge in [-0.3, -0.25) is 14.9 Å². The Kier molecular flexibility index (Phi) is 6.19. The lowest BCUT2D eigenvalue weighted by Crippen LogP contribution is -2.13. The van der Waals surface area contributed by atoms with Crippen LogP contribution in [-0.4, -0.2) is 21.1 Å². The zero-order chi connectivity index (χ0) is 23.3. The predicted molar refractivity (Wildman–Crippen MR) is 139 cm³/mol. The molecule has 3 aromatic carbocycles. The van der Waals surface area contributed by atoms with E-state index in [1.807, 2.05) is 91.0 Å². The summed E-state index contributed by atoms with van der Waals surface area (Å²) in [6, 6.07) is 27.1. The number of nitrogens with zero attached hydrogens (tertiary/aromatic N) is 2. The van der Waals surface area contributed by atoms with E-state index >= 15 is 0 Å². The first-order valence-corrected chi connectivity index (χ1v) is 11.4. The van der Waals surface area contributed by atoms with Crippen LogP contribution in [0, 0.1) is 0 Å². The van der Waals surface area contributed by atoms with Crippen LogP contribution >= 0.6 is 11.6 Å². The van der Waals surface area contributed by atoms with Crippen molar-refractivity contribution in [1.82, 2.24) is 15.2 Å². The van der Waals surface area contributed by atoms with Gasteiger partial charge in [0.1, 0.15) is 0 Å². The number of H-pyrrole nitrogens is 1. The largest absolute Gasteiger partial charge is 0.321 e. The molecular formula is C28H21ClN4O. The van der Waals surface area contributed by atoms with Gasteiger partial charge in [-0.05, 0) is 23.8 Å². The number of hydrogen-bond acceptors (Lipinski definition) is 3. The van der Waals surface area contributed by atoms with Crippen LogP contribution in [0.3, 0.4) is 0 Å². The van der Waals surface area contributed by atoms with E-state index in [0.29, 0.717) is 17.1 Å². The highest BCUT2D eigenvalue weighted by Crippen LogP contribution is 2.27. The highest BCUT2D eigenvalue weighted by atomic mass is 35.5. The summed E-state index contributed by atoms with van der Waals surface area (Å²) in [5, 5.41) is 11.4. The fourth-order valence-corrected chi connectivity index (χ4v) is 4.05. The normalized spacial score (nSPS) is 11.2. The molecule has 2 heterocycles. The third-order valence-corrected chi connectivity index (χ3v) is 5.81. The summed E-state index contributed by atoms with van der Waals surface area (Å²) < 4.78 is 0. The van der Waals surface area contributed by atoms with Gasteiger partial charge in [-0.2, -0.15) is 5.10 Å². The van der Waals surface area contributed by atoms with Crippen LogP contribution in [-0.2, 0) is 5.88 Å². The van der Waals surface area contributed by atoms with Crippen LogP contribution in [0.1, 0.15) is 27.2 Å². The third kappa shape index (κ3) is 4.47. The molecule has 0 unspecified atom stereocenters. The lowest BCUT2D eigenvalue weighted by atomic mass is 10.0. The van der Waals surface area contributed by atoms with Crippen molar-refractivity contribution < 1.29 is 4.79 Å². The number of rotatable bonds is 6. The van der Waals surface area contributed by atoms with Gasteiger partial charge in [0.2, 0.25) is 0 Å². The van der Waals surface area contributed by atoms with Crippen molar-refractivity contribution >= 4 is 46.3 Å². The number of anilines is 1. The first kappa shape index (κ1) is 21.6. The number of benzene rings is 3. The van der Waals surface area contributed by atoms with Crippen molar-refractivity contribution in [2.45, 2.75) is 5.88 Å².